The van der Waals surface area contributed by atoms with Gasteiger partial charge in [0.1, 0.15) is 18.0 Å². The molecule has 0 N–H and O–H groups in total. The maximum Gasteiger partial charge on any atom is 0.333 e. The molecule has 2 bridgehead atoms. The third kappa shape index (κ3) is 4.53. The third-order valence-electron chi connectivity index (χ3n) is 10.9. The van der Waals surface area contributed by atoms with Crippen LogP contribution in [0.5, 0.6) is 0 Å². The summed E-state index contributed by atoms with van der Waals surface area (Å²) in [7, 11) is -4.15. The number of Topliss-reactive ketones (excluding diaryl/α,β-unsaturated/α-hetero) is 1. The van der Waals surface area contributed by atoms with Crippen LogP contribution in [0, 0.1) is 40.9 Å². The average Bonchev–Trinajstić information content (AvgIpc) is 3.24. The molecule has 5 rings (SSSR count). The SMILES string of the molecule is Cc1ccc(S(=O)(=O)OCC(=O)O[C@@H]2C[C@@]3(C)CCC(=O)O[C@H]3[C@H](C)[C@]34CCC(=O)[C@H]3[C@@]2(C)[C@H](C)CC4)cc1. The summed E-state index contributed by atoms with van der Waals surface area (Å²) in [6.45, 7) is 9.52. The van der Waals surface area contributed by atoms with E-state index in [1.807, 2.05) is 6.92 Å². The molecule has 1 heterocycles. The van der Waals surface area contributed by atoms with Crippen molar-refractivity contribution in [2.24, 2.45) is 34.0 Å². The van der Waals surface area contributed by atoms with Gasteiger partial charge in [0.15, 0.2) is 6.61 Å². The maximum atomic E-state index is 13.6. The molecule has 0 spiro atoms. The summed E-state index contributed by atoms with van der Waals surface area (Å²) >= 11 is 0. The van der Waals surface area contributed by atoms with Gasteiger partial charge in [0.25, 0.3) is 10.1 Å². The largest absolute Gasteiger partial charge is 0.461 e. The zero-order valence-corrected chi connectivity index (χ0v) is 24.3. The molecule has 3 aliphatic carbocycles. The first-order valence-electron chi connectivity index (χ1n) is 14.1. The zero-order valence-electron chi connectivity index (χ0n) is 23.5. The Morgan fingerprint density at radius 2 is 1.74 bits per heavy atom. The number of esters is 2. The number of carbonyl (C=O) groups is 3. The second-order valence-electron chi connectivity index (χ2n) is 13.0. The molecule has 8 nitrogen and oxygen atoms in total. The summed E-state index contributed by atoms with van der Waals surface area (Å²) in [6.07, 6.45) is 3.21. The van der Waals surface area contributed by atoms with E-state index in [1.54, 1.807) is 12.1 Å². The highest BCUT2D eigenvalue weighted by atomic mass is 32.2. The van der Waals surface area contributed by atoms with Crippen LogP contribution in [0.4, 0.5) is 0 Å². The van der Waals surface area contributed by atoms with Crippen molar-refractivity contribution in [3.8, 4) is 0 Å². The van der Waals surface area contributed by atoms with Gasteiger partial charge in [0.05, 0.1) is 4.90 Å². The number of rotatable bonds is 5. The minimum absolute atomic E-state index is 0.00494. The van der Waals surface area contributed by atoms with Crippen LogP contribution in [0.15, 0.2) is 29.2 Å². The molecule has 1 saturated heterocycles. The summed E-state index contributed by atoms with van der Waals surface area (Å²) in [5.41, 5.74) is -0.520. The van der Waals surface area contributed by atoms with Crippen molar-refractivity contribution in [2.45, 2.75) is 96.7 Å². The Hall–Kier alpha value is -2.26. The molecule has 0 aromatic heterocycles. The van der Waals surface area contributed by atoms with Crippen molar-refractivity contribution in [3.63, 3.8) is 0 Å². The zero-order chi connectivity index (χ0) is 28.4. The molecule has 1 aliphatic heterocycles. The molecule has 0 unspecified atom stereocenters. The van der Waals surface area contributed by atoms with Crippen LogP contribution in [0.3, 0.4) is 0 Å². The first kappa shape index (κ1) is 28.3. The topological polar surface area (TPSA) is 113 Å². The molecule has 0 radical (unpaired) electrons. The molecule has 4 fully saturated rings. The normalized spacial score (nSPS) is 40.1. The first-order valence-corrected chi connectivity index (χ1v) is 15.5. The lowest BCUT2D eigenvalue weighted by molar-refractivity contribution is -0.227. The van der Waals surface area contributed by atoms with E-state index in [4.69, 9.17) is 13.7 Å². The summed E-state index contributed by atoms with van der Waals surface area (Å²) in [4.78, 5) is 39.3. The number of ketones is 1. The molecule has 39 heavy (non-hydrogen) atoms. The molecule has 1 aromatic carbocycles. The number of ether oxygens (including phenoxy) is 2. The van der Waals surface area contributed by atoms with E-state index in [2.05, 4.69) is 27.7 Å². The van der Waals surface area contributed by atoms with Crippen molar-refractivity contribution >= 4 is 27.8 Å². The number of benzene rings is 1. The van der Waals surface area contributed by atoms with E-state index in [1.165, 1.54) is 12.1 Å². The van der Waals surface area contributed by atoms with Crippen LogP contribution in [0.25, 0.3) is 0 Å². The van der Waals surface area contributed by atoms with Gasteiger partial charge in [-0.1, -0.05) is 45.4 Å². The Bertz CT molecular complexity index is 1270. The number of carbonyl (C=O) groups excluding carboxylic acids is 3. The second kappa shape index (κ2) is 9.68. The molecule has 8 atom stereocenters. The highest BCUT2D eigenvalue weighted by Crippen LogP contribution is 2.68. The predicted molar refractivity (Wildman–Crippen MR) is 142 cm³/mol. The van der Waals surface area contributed by atoms with Crippen LogP contribution in [0.1, 0.15) is 78.2 Å². The monoisotopic (exact) mass is 560 g/mol. The van der Waals surface area contributed by atoms with Crippen molar-refractivity contribution < 1.29 is 36.5 Å². The first-order chi connectivity index (χ1) is 18.2. The number of aryl methyl sites for hydroxylation is 1. The number of fused-ring (bicyclic) bond motifs is 1. The lowest BCUT2D eigenvalue weighted by Crippen LogP contribution is -2.64. The molecule has 214 valence electrons. The van der Waals surface area contributed by atoms with Crippen molar-refractivity contribution in [2.75, 3.05) is 6.61 Å². The van der Waals surface area contributed by atoms with Gasteiger partial charge in [-0.05, 0) is 62.5 Å². The predicted octanol–water partition coefficient (Wildman–Crippen LogP) is 4.77. The van der Waals surface area contributed by atoms with Gasteiger partial charge >= 0.3 is 11.9 Å². The Morgan fingerprint density at radius 1 is 1.05 bits per heavy atom. The van der Waals surface area contributed by atoms with Gasteiger partial charge in [-0.3, -0.25) is 13.8 Å². The molecule has 0 amide bonds. The van der Waals surface area contributed by atoms with Crippen LogP contribution in [0.2, 0.25) is 0 Å². The van der Waals surface area contributed by atoms with Crippen LogP contribution in [-0.2, 0) is 38.2 Å². The van der Waals surface area contributed by atoms with E-state index < -0.39 is 39.6 Å². The summed E-state index contributed by atoms with van der Waals surface area (Å²) in [6, 6.07) is 6.20. The van der Waals surface area contributed by atoms with Crippen molar-refractivity contribution in [3.05, 3.63) is 29.8 Å². The second-order valence-corrected chi connectivity index (χ2v) is 14.6. The number of hydrogen-bond acceptors (Lipinski definition) is 8. The van der Waals surface area contributed by atoms with Gasteiger partial charge in [0, 0.05) is 35.5 Å². The number of hydrogen-bond donors (Lipinski definition) is 0. The molecule has 1 aromatic rings. The Labute approximate surface area is 231 Å². The van der Waals surface area contributed by atoms with E-state index in [-0.39, 0.29) is 45.9 Å². The van der Waals surface area contributed by atoms with Gasteiger partial charge < -0.3 is 9.47 Å². The van der Waals surface area contributed by atoms with Gasteiger partial charge in [-0.25, -0.2) is 4.79 Å². The molecule has 4 aliphatic rings. The van der Waals surface area contributed by atoms with Gasteiger partial charge in [-0.2, -0.15) is 8.42 Å². The van der Waals surface area contributed by atoms with Crippen molar-refractivity contribution in [1.29, 1.82) is 0 Å². The minimum atomic E-state index is -4.15. The quantitative estimate of drug-likeness (QED) is 0.374. The van der Waals surface area contributed by atoms with Gasteiger partial charge in [-0.15, -0.1) is 0 Å². The van der Waals surface area contributed by atoms with E-state index in [0.29, 0.717) is 25.7 Å². The lowest BCUT2D eigenvalue weighted by Gasteiger charge is -2.63. The average molecular weight is 561 g/mol. The maximum absolute atomic E-state index is 13.6. The fourth-order valence-electron chi connectivity index (χ4n) is 8.50. The van der Waals surface area contributed by atoms with Crippen molar-refractivity contribution in [1.82, 2.24) is 0 Å². The molecular formula is C30H40O8S. The third-order valence-corrected chi connectivity index (χ3v) is 12.2. The van der Waals surface area contributed by atoms with Crippen LogP contribution >= 0.6 is 0 Å². The minimum Gasteiger partial charge on any atom is -0.461 e. The molecule has 9 heteroatoms. The fourth-order valence-corrected chi connectivity index (χ4v) is 9.36. The Kier molecular flexibility index (Phi) is 7.02. The van der Waals surface area contributed by atoms with Crippen LogP contribution < -0.4 is 0 Å². The molecule has 3 saturated carbocycles. The Morgan fingerprint density at radius 3 is 2.44 bits per heavy atom. The smallest absolute Gasteiger partial charge is 0.333 e. The summed E-state index contributed by atoms with van der Waals surface area (Å²) in [5, 5.41) is 0. The highest BCUT2D eigenvalue weighted by molar-refractivity contribution is 7.86. The Balaban J connectivity index is 1.47. The van der Waals surface area contributed by atoms with Crippen LogP contribution in [-0.4, -0.2) is 45.0 Å². The molecular weight excluding hydrogens is 520 g/mol. The summed E-state index contributed by atoms with van der Waals surface area (Å²) < 4.78 is 42.7. The van der Waals surface area contributed by atoms with Gasteiger partial charge in [0.2, 0.25) is 0 Å². The van der Waals surface area contributed by atoms with E-state index in [0.717, 1.165) is 24.8 Å². The van der Waals surface area contributed by atoms with E-state index >= 15 is 0 Å². The fraction of sp³-hybridized carbons (Fsp3) is 0.700. The van der Waals surface area contributed by atoms with E-state index in [9.17, 15) is 22.8 Å². The summed E-state index contributed by atoms with van der Waals surface area (Å²) in [5.74, 6) is -1.06. The lowest BCUT2D eigenvalue weighted by atomic mass is 9.43. The standard InChI is InChI=1S/C30H40O8S/c1-18-6-8-21(9-7-18)39(34,35)36-17-25(33)37-23-16-28(4)13-12-24(32)38-27(28)20(3)30-14-10-19(2)29(23,5)26(30)22(31)11-15-30/h6-9,19-20,23,26-27H,10-17H2,1-5H3/t19-,20+,23-,26+,27+,28-,29+,30+/m1/s1. The highest BCUT2D eigenvalue weighted by Gasteiger charge is 2.69.